The lowest BCUT2D eigenvalue weighted by atomic mass is 10.1. The standard InChI is InChI=1S/C18H21NO2/c1-12-5-8-16(9-6-12)19-18(20)15(4)21-17-10-7-13(2)14(3)11-17/h5-11,15H,1-4H3,(H,19,20)/t15-/m1/s1. The van der Waals surface area contributed by atoms with E-state index in [1.54, 1.807) is 6.92 Å². The number of hydrogen-bond acceptors (Lipinski definition) is 2. The van der Waals surface area contributed by atoms with Crippen molar-refractivity contribution in [1.82, 2.24) is 0 Å². The Hall–Kier alpha value is -2.29. The molecule has 0 saturated heterocycles. The molecule has 0 aliphatic carbocycles. The highest BCUT2D eigenvalue weighted by molar-refractivity contribution is 5.94. The molecule has 2 aromatic carbocycles. The van der Waals surface area contributed by atoms with Crippen LogP contribution in [0.3, 0.4) is 0 Å². The first-order valence-corrected chi connectivity index (χ1v) is 7.07. The van der Waals surface area contributed by atoms with Crippen molar-refractivity contribution in [2.45, 2.75) is 33.8 Å². The van der Waals surface area contributed by atoms with E-state index in [1.807, 2.05) is 63.2 Å². The van der Waals surface area contributed by atoms with Gasteiger partial charge in [0.15, 0.2) is 6.10 Å². The molecule has 0 saturated carbocycles. The summed E-state index contributed by atoms with van der Waals surface area (Å²) in [5.74, 6) is 0.557. The predicted octanol–water partition coefficient (Wildman–Crippen LogP) is 4.02. The van der Waals surface area contributed by atoms with Crippen LogP contribution < -0.4 is 10.1 Å². The van der Waals surface area contributed by atoms with E-state index in [0.717, 1.165) is 16.8 Å². The molecule has 0 bridgehead atoms. The summed E-state index contributed by atoms with van der Waals surface area (Å²) < 4.78 is 5.70. The van der Waals surface area contributed by atoms with E-state index in [2.05, 4.69) is 5.32 Å². The van der Waals surface area contributed by atoms with Crippen molar-refractivity contribution in [3.8, 4) is 5.75 Å². The van der Waals surface area contributed by atoms with E-state index in [0.29, 0.717) is 5.75 Å². The Labute approximate surface area is 126 Å². The zero-order chi connectivity index (χ0) is 15.4. The Bertz CT molecular complexity index is 632. The van der Waals surface area contributed by atoms with Crippen LogP contribution in [-0.4, -0.2) is 12.0 Å². The number of nitrogens with one attached hydrogen (secondary N) is 1. The number of carbonyl (C=O) groups is 1. The van der Waals surface area contributed by atoms with Crippen LogP contribution >= 0.6 is 0 Å². The Morgan fingerprint density at radius 2 is 1.67 bits per heavy atom. The van der Waals surface area contributed by atoms with Gasteiger partial charge in [0, 0.05) is 5.69 Å². The zero-order valence-corrected chi connectivity index (χ0v) is 12.9. The summed E-state index contributed by atoms with van der Waals surface area (Å²) in [6.45, 7) is 7.83. The van der Waals surface area contributed by atoms with Crippen LogP contribution in [0.25, 0.3) is 0 Å². The van der Waals surface area contributed by atoms with Crippen molar-refractivity contribution in [3.63, 3.8) is 0 Å². The van der Waals surface area contributed by atoms with Crippen LogP contribution in [0.5, 0.6) is 5.75 Å². The number of hydrogen-bond donors (Lipinski definition) is 1. The lowest BCUT2D eigenvalue weighted by Crippen LogP contribution is -2.30. The summed E-state index contributed by atoms with van der Waals surface area (Å²) in [7, 11) is 0. The number of benzene rings is 2. The molecular weight excluding hydrogens is 262 g/mol. The highest BCUT2D eigenvalue weighted by atomic mass is 16.5. The molecule has 1 atom stereocenters. The van der Waals surface area contributed by atoms with E-state index < -0.39 is 6.10 Å². The van der Waals surface area contributed by atoms with Gasteiger partial charge in [0.2, 0.25) is 0 Å². The maximum Gasteiger partial charge on any atom is 0.265 e. The van der Waals surface area contributed by atoms with E-state index in [1.165, 1.54) is 5.56 Å². The first-order valence-electron chi connectivity index (χ1n) is 7.07. The monoisotopic (exact) mass is 283 g/mol. The highest BCUT2D eigenvalue weighted by Crippen LogP contribution is 2.18. The van der Waals surface area contributed by atoms with Gasteiger partial charge >= 0.3 is 0 Å². The van der Waals surface area contributed by atoms with Crippen LogP contribution in [0, 0.1) is 20.8 Å². The number of aryl methyl sites for hydroxylation is 3. The van der Waals surface area contributed by atoms with Gasteiger partial charge in [-0.15, -0.1) is 0 Å². The van der Waals surface area contributed by atoms with Gasteiger partial charge in [-0.2, -0.15) is 0 Å². The van der Waals surface area contributed by atoms with E-state index in [-0.39, 0.29) is 5.91 Å². The number of rotatable bonds is 4. The van der Waals surface area contributed by atoms with Crippen LogP contribution in [0.2, 0.25) is 0 Å². The van der Waals surface area contributed by atoms with Gasteiger partial charge in [-0.1, -0.05) is 23.8 Å². The second kappa shape index (κ2) is 6.44. The Morgan fingerprint density at radius 3 is 2.29 bits per heavy atom. The summed E-state index contributed by atoms with van der Waals surface area (Å²) in [6.07, 6.45) is -0.548. The van der Waals surface area contributed by atoms with Gasteiger partial charge in [-0.25, -0.2) is 0 Å². The fourth-order valence-electron chi connectivity index (χ4n) is 1.93. The second-order valence-electron chi connectivity index (χ2n) is 5.36. The summed E-state index contributed by atoms with van der Waals surface area (Å²) in [5.41, 5.74) is 4.30. The molecule has 0 spiro atoms. The van der Waals surface area contributed by atoms with Crippen LogP contribution in [0.15, 0.2) is 42.5 Å². The van der Waals surface area contributed by atoms with Crippen molar-refractivity contribution in [2.24, 2.45) is 0 Å². The smallest absolute Gasteiger partial charge is 0.265 e. The van der Waals surface area contributed by atoms with Gasteiger partial charge in [0.05, 0.1) is 0 Å². The average molecular weight is 283 g/mol. The number of carbonyl (C=O) groups excluding carboxylic acids is 1. The third-order valence-electron chi connectivity index (χ3n) is 3.48. The lowest BCUT2D eigenvalue weighted by Gasteiger charge is -2.15. The van der Waals surface area contributed by atoms with Crippen molar-refractivity contribution in [2.75, 3.05) is 5.32 Å². The number of ether oxygens (including phenoxy) is 1. The lowest BCUT2D eigenvalue weighted by molar-refractivity contribution is -0.122. The number of anilines is 1. The fourth-order valence-corrected chi connectivity index (χ4v) is 1.93. The summed E-state index contributed by atoms with van der Waals surface area (Å²) in [4.78, 5) is 12.1. The van der Waals surface area contributed by atoms with Gasteiger partial charge in [-0.05, 0) is 63.1 Å². The predicted molar refractivity (Wildman–Crippen MR) is 85.8 cm³/mol. The van der Waals surface area contributed by atoms with Gasteiger partial charge in [0.1, 0.15) is 5.75 Å². The molecule has 2 rings (SSSR count). The molecule has 0 fully saturated rings. The summed E-state index contributed by atoms with van der Waals surface area (Å²) >= 11 is 0. The first-order chi connectivity index (χ1) is 9.95. The van der Waals surface area contributed by atoms with Crippen molar-refractivity contribution < 1.29 is 9.53 Å². The quantitative estimate of drug-likeness (QED) is 0.920. The molecule has 2 aromatic rings. The van der Waals surface area contributed by atoms with E-state index in [4.69, 9.17) is 4.74 Å². The first kappa shape index (κ1) is 15.1. The molecule has 3 nitrogen and oxygen atoms in total. The molecule has 110 valence electrons. The normalized spacial score (nSPS) is 11.8. The Morgan fingerprint density at radius 1 is 1.00 bits per heavy atom. The average Bonchev–Trinajstić information content (AvgIpc) is 2.45. The van der Waals surface area contributed by atoms with E-state index in [9.17, 15) is 4.79 Å². The SMILES string of the molecule is Cc1ccc(NC(=O)[C@@H](C)Oc2ccc(C)c(C)c2)cc1. The largest absolute Gasteiger partial charge is 0.481 e. The van der Waals surface area contributed by atoms with Gasteiger partial charge in [-0.3, -0.25) is 4.79 Å². The number of amides is 1. The highest BCUT2D eigenvalue weighted by Gasteiger charge is 2.15. The minimum Gasteiger partial charge on any atom is -0.481 e. The summed E-state index contributed by atoms with van der Waals surface area (Å²) in [6, 6.07) is 13.5. The third-order valence-corrected chi connectivity index (χ3v) is 3.48. The Balaban J connectivity index is 1.98. The van der Waals surface area contributed by atoms with Crippen LogP contribution in [0.4, 0.5) is 5.69 Å². The second-order valence-corrected chi connectivity index (χ2v) is 5.36. The minimum atomic E-state index is -0.548. The summed E-state index contributed by atoms with van der Waals surface area (Å²) in [5, 5.41) is 2.85. The molecule has 0 aliphatic rings. The molecule has 0 aliphatic heterocycles. The van der Waals surface area contributed by atoms with Gasteiger partial charge in [0.25, 0.3) is 5.91 Å². The molecule has 3 heteroatoms. The molecule has 21 heavy (non-hydrogen) atoms. The topological polar surface area (TPSA) is 38.3 Å². The third kappa shape index (κ3) is 4.09. The van der Waals surface area contributed by atoms with Crippen LogP contribution in [-0.2, 0) is 4.79 Å². The van der Waals surface area contributed by atoms with Crippen LogP contribution in [0.1, 0.15) is 23.6 Å². The maximum absolute atomic E-state index is 12.1. The Kier molecular flexibility index (Phi) is 4.63. The molecular formula is C18H21NO2. The molecule has 0 aromatic heterocycles. The molecule has 0 unspecified atom stereocenters. The molecule has 1 N–H and O–H groups in total. The van der Waals surface area contributed by atoms with Crippen molar-refractivity contribution >= 4 is 11.6 Å². The molecule has 0 radical (unpaired) electrons. The fraction of sp³-hybridized carbons (Fsp3) is 0.278. The molecule has 1 amide bonds. The maximum atomic E-state index is 12.1. The zero-order valence-electron chi connectivity index (χ0n) is 12.9. The van der Waals surface area contributed by atoms with Crippen molar-refractivity contribution in [3.05, 3.63) is 59.2 Å². The molecule has 0 heterocycles. The van der Waals surface area contributed by atoms with E-state index >= 15 is 0 Å². The van der Waals surface area contributed by atoms with Gasteiger partial charge < -0.3 is 10.1 Å². The minimum absolute atomic E-state index is 0.155. The van der Waals surface area contributed by atoms with Crippen molar-refractivity contribution in [1.29, 1.82) is 0 Å².